The number of Topliss-reactive ketones (excluding diaryl/α,β-unsaturated/α-hetero) is 2. The quantitative estimate of drug-likeness (QED) is 0.289. The summed E-state index contributed by atoms with van der Waals surface area (Å²) in [6.07, 6.45) is 1.09. The number of carbonyl (C=O) groups is 2. The molecule has 0 aromatic carbocycles. The van der Waals surface area contributed by atoms with Gasteiger partial charge in [0.15, 0.2) is 11.6 Å². The second-order valence-corrected chi connectivity index (χ2v) is 6.96. The summed E-state index contributed by atoms with van der Waals surface area (Å²) in [7, 11) is 0. The summed E-state index contributed by atoms with van der Waals surface area (Å²) >= 11 is 0. The number of azide groups is 2. The smallest absolute Gasteiger partial charge is 0.192 e. The lowest BCUT2D eigenvalue weighted by atomic mass is 9.69. The van der Waals surface area contributed by atoms with Crippen LogP contribution in [0.1, 0.15) is 54.4 Å². The zero-order chi connectivity index (χ0) is 18.7. The molecule has 1 aliphatic carbocycles. The van der Waals surface area contributed by atoms with Crippen LogP contribution in [0, 0.1) is 10.8 Å². The Balaban J connectivity index is 3.91. The molecule has 0 aliphatic heterocycles. The summed E-state index contributed by atoms with van der Waals surface area (Å²) in [6, 6.07) is 0. The molecule has 0 heterocycles. The topological polar surface area (TPSA) is 132 Å². The van der Waals surface area contributed by atoms with Crippen molar-refractivity contribution in [3.05, 3.63) is 43.4 Å². The van der Waals surface area contributed by atoms with Gasteiger partial charge >= 0.3 is 0 Å². The van der Waals surface area contributed by atoms with E-state index in [2.05, 4.69) is 20.1 Å². The normalized spacial score (nSPS) is 16.1. The third-order valence-electron chi connectivity index (χ3n) is 4.77. The lowest BCUT2D eigenvalue weighted by molar-refractivity contribution is -0.118. The third-order valence-corrected chi connectivity index (χ3v) is 4.77. The molecule has 24 heavy (non-hydrogen) atoms. The predicted molar refractivity (Wildman–Crippen MR) is 90.5 cm³/mol. The minimum absolute atomic E-state index is 0.103. The Kier molecular flexibility index (Phi) is 5.61. The highest BCUT2D eigenvalue weighted by Crippen LogP contribution is 2.44. The Labute approximate surface area is 140 Å². The molecule has 0 amide bonds. The predicted octanol–water partition coefficient (Wildman–Crippen LogP) is 5.14. The number of rotatable bonds is 6. The van der Waals surface area contributed by atoms with Crippen molar-refractivity contribution in [2.24, 2.45) is 21.1 Å². The van der Waals surface area contributed by atoms with Crippen LogP contribution in [-0.2, 0) is 9.59 Å². The number of ketones is 2. The van der Waals surface area contributed by atoms with Gasteiger partial charge in [-0.2, -0.15) is 0 Å². The molecule has 0 saturated heterocycles. The molecule has 0 unspecified atom stereocenters. The SMILES string of the molecule is CCC(C)(C)C1=C(N=[N+]=[N-])C(=O)C(C(C)(C)CC)=C(N=[N+]=[N-])C1=O. The summed E-state index contributed by atoms with van der Waals surface area (Å²) in [5.74, 6) is -1.09. The molecular formula is C16H22N6O2. The molecule has 8 heteroatoms. The molecule has 0 aromatic rings. The summed E-state index contributed by atoms with van der Waals surface area (Å²) < 4.78 is 0. The van der Waals surface area contributed by atoms with E-state index < -0.39 is 22.4 Å². The summed E-state index contributed by atoms with van der Waals surface area (Å²) in [6.45, 7) is 10.9. The maximum absolute atomic E-state index is 13.0. The van der Waals surface area contributed by atoms with Crippen LogP contribution in [0.5, 0.6) is 0 Å². The molecule has 0 aromatic heterocycles. The molecule has 1 aliphatic rings. The van der Waals surface area contributed by atoms with E-state index in [1.165, 1.54) is 0 Å². The van der Waals surface area contributed by atoms with Crippen molar-refractivity contribution in [1.82, 2.24) is 0 Å². The van der Waals surface area contributed by atoms with Crippen LogP contribution >= 0.6 is 0 Å². The Hall–Kier alpha value is -2.56. The molecule has 128 valence electrons. The highest BCUT2D eigenvalue weighted by atomic mass is 16.1. The molecule has 0 N–H and O–H groups in total. The van der Waals surface area contributed by atoms with Crippen molar-refractivity contribution in [1.29, 1.82) is 0 Å². The number of hydrogen-bond acceptors (Lipinski definition) is 4. The van der Waals surface area contributed by atoms with E-state index in [0.717, 1.165) is 0 Å². The largest absolute Gasteiger partial charge is 0.289 e. The Morgan fingerprint density at radius 2 is 1.08 bits per heavy atom. The second kappa shape index (κ2) is 6.91. The molecule has 8 nitrogen and oxygen atoms in total. The first kappa shape index (κ1) is 19.5. The minimum atomic E-state index is -0.700. The van der Waals surface area contributed by atoms with Crippen LogP contribution in [0.3, 0.4) is 0 Å². The van der Waals surface area contributed by atoms with Crippen molar-refractivity contribution in [2.75, 3.05) is 0 Å². The fourth-order valence-electron chi connectivity index (χ4n) is 2.57. The van der Waals surface area contributed by atoms with Crippen molar-refractivity contribution in [2.45, 2.75) is 54.4 Å². The van der Waals surface area contributed by atoms with Gasteiger partial charge in [0.25, 0.3) is 0 Å². The van der Waals surface area contributed by atoms with Crippen LogP contribution in [0.25, 0.3) is 20.9 Å². The molecule has 0 fully saturated rings. The first-order valence-corrected chi connectivity index (χ1v) is 7.78. The van der Waals surface area contributed by atoms with Crippen molar-refractivity contribution in [3.63, 3.8) is 0 Å². The van der Waals surface area contributed by atoms with Gasteiger partial charge in [-0.05, 0) is 34.7 Å². The Morgan fingerprint density at radius 3 is 1.29 bits per heavy atom. The van der Waals surface area contributed by atoms with Gasteiger partial charge in [0.2, 0.25) is 0 Å². The van der Waals surface area contributed by atoms with Gasteiger partial charge in [0.1, 0.15) is 0 Å². The average molecular weight is 330 g/mol. The monoisotopic (exact) mass is 330 g/mol. The van der Waals surface area contributed by atoms with E-state index in [9.17, 15) is 9.59 Å². The van der Waals surface area contributed by atoms with Crippen molar-refractivity contribution in [3.8, 4) is 0 Å². The maximum atomic E-state index is 13.0. The molecule has 0 radical (unpaired) electrons. The van der Waals surface area contributed by atoms with E-state index in [1.54, 1.807) is 27.7 Å². The first-order valence-electron chi connectivity index (χ1n) is 7.78. The summed E-state index contributed by atoms with van der Waals surface area (Å²) in [5.41, 5.74) is 16.1. The summed E-state index contributed by atoms with van der Waals surface area (Å²) in [4.78, 5) is 31.5. The maximum Gasteiger partial charge on any atom is 0.192 e. The van der Waals surface area contributed by atoms with Crippen LogP contribution < -0.4 is 0 Å². The van der Waals surface area contributed by atoms with Crippen molar-refractivity contribution >= 4 is 11.6 Å². The van der Waals surface area contributed by atoms with E-state index in [4.69, 9.17) is 11.1 Å². The molecule has 0 spiro atoms. The van der Waals surface area contributed by atoms with Crippen LogP contribution in [0.15, 0.2) is 32.8 Å². The number of allylic oxidation sites excluding steroid dienone is 2. The van der Waals surface area contributed by atoms with Crippen molar-refractivity contribution < 1.29 is 9.59 Å². The summed E-state index contributed by atoms with van der Waals surface area (Å²) in [5, 5.41) is 7.05. The van der Waals surface area contributed by atoms with Crippen LogP contribution in [0.4, 0.5) is 0 Å². The highest BCUT2D eigenvalue weighted by molar-refractivity contribution is 6.25. The van der Waals surface area contributed by atoms with Crippen LogP contribution in [-0.4, -0.2) is 11.6 Å². The molecule has 0 bridgehead atoms. The van der Waals surface area contributed by atoms with Gasteiger partial charge in [-0.1, -0.05) is 51.8 Å². The molecule has 0 atom stereocenters. The number of hydrogen-bond donors (Lipinski definition) is 0. The number of carbonyl (C=O) groups excluding carboxylic acids is 2. The molecular weight excluding hydrogens is 308 g/mol. The lowest BCUT2D eigenvalue weighted by Crippen LogP contribution is -2.35. The highest BCUT2D eigenvalue weighted by Gasteiger charge is 2.43. The lowest BCUT2D eigenvalue weighted by Gasteiger charge is -2.35. The van der Waals surface area contributed by atoms with E-state index in [-0.39, 0.29) is 22.5 Å². The Morgan fingerprint density at radius 1 is 0.792 bits per heavy atom. The van der Waals surface area contributed by atoms with Gasteiger partial charge in [0.05, 0.1) is 11.4 Å². The number of nitrogens with zero attached hydrogens (tertiary/aromatic N) is 6. The average Bonchev–Trinajstić information content (AvgIpc) is 2.52. The van der Waals surface area contributed by atoms with Gasteiger partial charge in [-0.15, -0.1) is 0 Å². The van der Waals surface area contributed by atoms with Gasteiger partial charge in [0, 0.05) is 21.0 Å². The standard InChI is InChI=1S/C16H22N6O2/c1-7-15(3,4)9-11(19-21-17)14(24)10(16(5,6)8-2)12(13(9)23)20-22-18/h7-8H2,1-6H3. The van der Waals surface area contributed by atoms with Gasteiger partial charge in [-0.3, -0.25) is 9.59 Å². The first-order chi connectivity index (χ1) is 11.1. The molecule has 1 rings (SSSR count). The minimum Gasteiger partial charge on any atom is -0.289 e. The van der Waals surface area contributed by atoms with E-state index in [0.29, 0.717) is 12.8 Å². The van der Waals surface area contributed by atoms with E-state index >= 15 is 0 Å². The fraction of sp³-hybridized carbons (Fsp3) is 0.625. The Bertz CT molecular complexity index is 681. The van der Waals surface area contributed by atoms with E-state index in [1.807, 2.05) is 13.8 Å². The molecule has 0 saturated carbocycles. The zero-order valence-corrected chi connectivity index (χ0v) is 14.9. The van der Waals surface area contributed by atoms with Crippen LogP contribution in [0.2, 0.25) is 0 Å². The van der Waals surface area contributed by atoms with Gasteiger partial charge in [-0.25, -0.2) is 0 Å². The zero-order valence-electron chi connectivity index (χ0n) is 14.9. The van der Waals surface area contributed by atoms with Gasteiger partial charge < -0.3 is 0 Å². The fourth-order valence-corrected chi connectivity index (χ4v) is 2.57. The third kappa shape index (κ3) is 3.20. The second-order valence-electron chi connectivity index (χ2n) is 6.96.